The summed E-state index contributed by atoms with van der Waals surface area (Å²) in [5.74, 6) is -0.748. The lowest BCUT2D eigenvalue weighted by molar-refractivity contribution is -0.148. The van der Waals surface area contributed by atoms with Crippen molar-refractivity contribution in [3.8, 4) is 5.75 Å². The second-order valence-corrected chi connectivity index (χ2v) is 5.01. The topological polar surface area (TPSA) is 72.8 Å². The smallest absolute Gasteiger partial charge is 0.309 e. The summed E-state index contributed by atoms with van der Waals surface area (Å²) in [6.45, 7) is 6.42. The van der Waals surface area contributed by atoms with Gasteiger partial charge >= 0.3 is 11.9 Å². The highest BCUT2D eigenvalue weighted by atomic mass is 16.5. The van der Waals surface area contributed by atoms with Crippen LogP contribution in [0.3, 0.4) is 0 Å². The van der Waals surface area contributed by atoms with Crippen LogP contribution in [0.15, 0.2) is 18.2 Å². The number of aliphatic carboxylic acids is 1. The Bertz CT molecular complexity index is 510. The van der Waals surface area contributed by atoms with Crippen LogP contribution in [-0.2, 0) is 27.2 Å². The number of esters is 1. The predicted molar refractivity (Wildman–Crippen MR) is 83.1 cm³/mol. The lowest BCUT2D eigenvalue weighted by Gasteiger charge is -2.15. The molecule has 1 aromatic rings. The maximum atomic E-state index is 11.9. The van der Waals surface area contributed by atoms with Crippen LogP contribution in [0, 0.1) is 5.92 Å². The third kappa shape index (κ3) is 5.39. The Labute approximate surface area is 131 Å². The van der Waals surface area contributed by atoms with Crippen LogP contribution in [0.1, 0.15) is 38.3 Å². The summed E-state index contributed by atoms with van der Waals surface area (Å²) in [6, 6.07) is 5.45. The number of benzene rings is 1. The van der Waals surface area contributed by atoms with Crippen molar-refractivity contribution in [2.24, 2.45) is 5.92 Å². The molecule has 0 spiro atoms. The maximum Gasteiger partial charge on any atom is 0.309 e. The molecule has 1 atom stereocenters. The van der Waals surface area contributed by atoms with E-state index in [0.717, 1.165) is 5.56 Å². The molecule has 0 heterocycles. The summed E-state index contributed by atoms with van der Waals surface area (Å²) in [5, 5.41) is 9.01. The largest absolute Gasteiger partial charge is 0.494 e. The number of carboxylic acids is 1. The molecule has 0 bridgehead atoms. The molecule has 0 fully saturated rings. The zero-order valence-electron chi connectivity index (χ0n) is 13.4. The van der Waals surface area contributed by atoms with Crippen LogP contribution in [0.4, 0.5) is 0 Å². The van der Waals surface area contributed by atoms with Gasteiger partial charge in [-0.25, -0.2) is 0 Å². The van der Waals surface area contributed by atoms with Crippen molar-refractivity contribution in [1.29, 1.82) is 0 Å². The van der Waals surface area contributed by atoms with Gasteiger partial charge in [0.2, 0.25) is 0 Å². The minimum Gasteiger partial charge on any atom is -0.494 e. The number of hydrogen-bond acceptors (Lipinski definition) is 4. The van der Waals surface area contributed by atoms with Crippen LogP contribution in [0.5, 0.6) is 5.75 Å². The fourth-order valence-corrected chi connectivity index (χ4v) is 2.30. The van der Waals surface area contributed by atoms with Crippen molar-refractivity contribution < 1.29 is 24.2 Å². The maximum absolute atomic E-state index is 11.9. The van der Waals surface area contributed by atoms with Gasteiger partial charge in [0, 0.05) is 5.56 Å². The van der Waals surface area contributed by atoms with E-state index < -0.39 is 5.97 Å². The molecule has 0 amide bonds. The zero-order valence-corrected chi connectivity index (χ0v) is 13.4. The summed E-state index contributed by atoms with van der Waals surface area (Å²) in [7, 11) is 0. The van der Waals surface area contributed by atoms with Gasteiger partial charge in [0.05, 0.1) is 25.6 Å². The first-order valence-electron chi connectivity index (χ1n) is 7.64. The van der Waals surface area contributed by atoms with Crippen molar-refractivity contribution in [3.63, 3.8) is 0 Å². The third-order valence-corrected chi connectivity index (χ3v) is 3.36. The number of hydrogen-bond donors (Lipinski definition) is 1. The van der Waals surface area contributed by atoms with E-state index in [1.54, 1.807) is 19.1 Å². The van der Waals surface area contributed by atoms with Gasteiger partial charge in [-0.2, -0.15) is 0 Å². The Hall–Kier alpha value is -2.04. The fourth-order valence-electron chi connectivity index (χ4n) is 2.30. The molecule has 0 aliphatic carbocycles. The van der Waals surface area contributed by atoms with Crippen molar-refractivity contribution in [3.05, 3.63) is 29.3 Å². The molecule has 122 valence electrons. The second-order valence-electron chi connectivity index (χ2n) is 5.01. The molecule has 5 nitrogen and oxygen atoms in total. The van der Waals surface area contributed by atoms with E-state index in [0.29, 0.717) is 37.4 Å². The van der Waals surface area contributed by atoms with Crippen LogP contribution in [-0.4, -0.2) is 30.3 Å². The van der Waals surface area contributed by atoms with Crippen LogP contribution in [0.25, 0.3) is 0 Å². The van der Waals surface area contributed by atoms with Crippen molar-refractivity contribution >= 4 is 11.9 Å². The van der Waals surface area contributed by atoms with E-state index in [-0.39, 0.29) is 18.3 Å². The highest BCUT2D eigenvalue weighted by Gasteiger charge is 2.19. The Morgan fingerprint density at radius 1 is 1.18 bits per heavy atom. The van der Waals surface area contributed by atoms with Gasteiger partial charge in [-0.15, -0.1) is 0 Å². The SMILES string of the molecule is CCOC(=O)C(CC)Cc1ccc(OCC)c(CC(=O)O)c1. The average molecular weight is 308 g/mol. The summed E-state index contributed by atoms with van der Waals surface area (Å²) in [4.78, 5) is 22.8. The van der Waals surface area contributed by atoms with E-state index in [4.69, 9.17) is 14.6 Å². The number of ether oxygens (including phenoxy) is 2. The van der Waals surface area contributed by atoms with Gasteiger partial charge in [-0.05, 0) is 38.3 Å². The molecular formula is C17H24O5. The summed E-state index contributed by atoms with van der Waals surface area (Å²) in [6.07, 6.45) is 1.12. The van der Waals surface area contributed by atoms with Gasteiger partial charge in [0.25, 0.3) is 0 Å². The molecule has 0 saturated heterocycles. The van der Waals surface area contributed by atoms with Gasteiger partial charge in [-0.1, -0.05) is 19.1 Å². The van der Waals surface area contributed by atoms with E-state index in [1.165, 1.54) is 0 Å². The lowest BCUT2D eigenvalue weighted by Crippen LogP contribution is -2.19. The quantitative estimate of drug-likeness (QED) is 0.710. The fraction of sp³-hybridized carbons (Fsp3) is 0.529. The molecule has 1 aromatic carbocycles. The third-order valence-electron chi connectivity index (χ3n) is 3.36. The number of carboxylic acid groups (broad SMARTS) is 1. The zero-order chi connectivity index (χ0) is 16.5. The van der Waals surface area contributed by atoms with E-state index in [2.05, 4.69) is 0 Å². The second kappa shape index (κ2) is 9.07. The van der Waals surface area contributed by atoms with Crippen molar-refractivity contribution in [2.45, 2.75) is 40.0 Å². The Balaban J connectivity index is 2.94. The average Bonchev–Trinajstić information content (AvgIpc) is 2.47. The lowest BCUT2D eigenvalue weighted by atomic mass is 9.95. The molecule has 1 unspecified atom stereocenters. The molecular weight excluding hydrogens is 284 g/mol. The normalized spacial score (nSPS) is 11.8. The monoisotopic (exact) mass is 308 g/mol. The molecule has 5 heteroatoms. The minimum absolute atomic E-state index is 0.0978. The molecule has 1 N–H and O–H groups in total. The molecule has 0 aromatic heterocycles. The highest BCUT2D eigenvalue weighted by molar-refractivity contribution is 5.73. The molecule has 0 aliphatic heterocycles. The van der Waals surface area contributed by atoms with Gasteiger partial charge < -0.3 is 14.6 Å². The van der Waals surface area contributed by atoms with E-state index in [9.17, 15) is 9.59 Å². The summed E-state index contributed by atoms with van der Waals surface area (Å²) >= 11 is 0. The van der Waals surface area contributed by atoms with Crippen LogP contribution < -0.4 is 4.74 Å². The Morgan fingerprint density at radius 3 is 2.45 bits per heavy atom. The van der Waals surface area contributed by atoms with Crippen LogP contribution in [0.2, 0.25) is 0 Å². The number of carbonyl (C=O) groups is 2. The molecule has 22 heavy (non-hydrogen) atoms. The van der Waals surface area contributed by atoms with Crippen molar-refractivity contribution in [2.75, 3.05) is 13.2 Å². The standard InChI is InChI=1S/C17H24O5/c1-4-13(17(20)22-6-3)9-12-7-8-15(21-5-2)14(10-12)11-16(18)19/h7-8,10,13H,4-6,9,11H2,1-3H3,(H,18,19). The highest BCUT2D eigenvalue weighted by Crippen LogP contribution is 2.23. The van der Waals surface area contributed by atoms with E-state index >= 15 is 0 Å². The molecule has 0 radical (unpaired) electrons. The van der Waals surface area contributed by atoms with Crippen LogP contribution >= 0.6 is 0 Å². The van der Waals surface area contributed by atoms with Crippen molar-refractivity contribution in [1.82, 2.24) is 0 Å². The number of carbonyl (C=O) groups excluding carboxylic acids is 1. The summed E-state index contributed by atoms with van der Waals surface area (Å²) < 4.78 is 10.5. The molecule has 0 saturated carbocycles. The molecule has 0 aliphatic rings. The van der Waals surface area contributed by atoms with E-state index in [1.807, 2.05) is 19.9 Å². The Morgan fingerprint density at radius 2 is 1.91 bits per heavy atom. The van der Waals surface area contributed by atoms with Gasteiger partial charge in [0.1, 0.15) is 5.75 Å². The first-order valence-corrected chi connectivity index (χ1v) is 7.64. The predicted octanol–water partition coefficient (Wildman–Crippen LogP) is 2.84. The van der Waals surface area contributed by atoms with Gasteiger partial charge in [-0.3, -0.25) is 9.59 Å². The first kappa shape index (κ1) is 18.0. The minimum atomic E-state index is -0.907. The first-order chi connectivity index (χ1) is 10.5. The van der Waals surface area contributed by atoms with Gasteiger partial charge in [0.15, 0.2) is 0 Å². The Kier molecular flexibility index (Phi) is 7.43. The summed E-state index contributed by atoms with van der Waals surface area (Å²) in [5.41, 5.74) is 1.55. The number of rotatable bonds is 9. The molecule has 1 rings (SSSR count).